The Hall–Kier alpha value is -2.01. The second-order valence-electron chi connectivity index (χ2n) is 8.20. The van der Waals surface area contributed by atoms with E-state index in [9.17, 15) is 4.79 Å². The first-order valence-electron chi connectivity index (χ1n) is 10.9. The molecule has 0 N–H and O–H groups in total. The highest BCUT2D eigenvalue weighted by molar-refractivity contribution is 9.11. The first-order chi connectivity index (χ1) is 17.2. The lowest BCUT2D eigenvalue weighted by Gasteiger charge is -2.15. The molecule has 36 heavy (non-hydrogen) atoms. The molecule has 0 saturated carbocycles. The van der Waals surface area contributed by atoms with Crippen LogP contribution in [0.2, 0.25) is 0 Å². The molecule has 0 radical (unpaired) electrons. The van der Waals surface area contributed by atoms with Gasteiger partial charge in [-0.3, -0.25) is 4.79 Å². The molecule has 0 atom stereocenters. The molecule has 0 aliphatic rings. The molecule has 4 rings (SSSR count). The summed E-state index contributed by atoms with van der Waals surface area (Å²) < 4.78 is 16.6. The standard InChI is InChI=1S/C26H21Br4N3O3/c1-14(2)25-32-22-7-6-17(27)9-20(22)26(34)33(25)31-12-16-8-19(29)11-23(35-3)24(16)36-13-15-4-5-18(28)10-21(15)30/h4-12,14H,13H2,1-3H3. The van der Waals surface area contributed by atoms with Gasteiger partial charge in [0.1, 0.15) is 12.4 Å². The Bertz CT molecular complexity index is 1530. The number of hydrogen-bond acceptors (Lipinski definition) is 5. The molecule has 0 fully saturated rings. The summed E-state index contributed by atoms with van der Waals surface area (Å²) in [7, 11) is 1.58. The number of methoxy groups -OCH3 is 1. The largest absolute Gasteiger partial charge is 0.493 e. The van der Waals surface area contributed by atoms with E-state index < -0.39 is 0 Å². The fourth-order valence-electron chi connectivity index (χ4n) is 3.55. The van der Waals surface area contributed by atoms with Crippen molar-refractivity contribution in [3.8, 4) is 11.5 Å². The highest BCUT2D eigenvalue weighted by atomic mass is 79.9. The van der Waals surface area contributed by atoms with Crippen LogP contribution in [0.25, 0.3) is 10.9 Å². The van der Waals surface area contributed by atoms with Gasteiger partial charge >= 0.3 is 0 Å². The van der Waals surface area contributed by atoms with Gasteiger partial charge in [0.25, 0.3) is 5.56 Å². The highest BCUT2D eigenvalue weighted by Gasteiger charge is 2.16. The molecule has 0 amide bonds. The Labute approximate surface area is 242 Å². The van der Waals surface area contributed by atoms with Crippen molar-refractivity contribution in [3.63, 3.8) is 0 Å². The Morgan fingerprint density at radius 2 is 1.72 bits per heavy atom. The van der Waals surface area contributed by atoms with Crippen LogP contribution in [0, 0.1) is 0 Å². The molecule has 6 nitrogen and oxygen atoms in total. The van der Waals surface area contributed by atoms with Crippen LogP contribution in [0.15, 0.2) is 76.3 Å². The van der Waals surface area contributed by atoms with E-state index in [1.54, 1.807) is 19.4 Å². The molecule has 1 aromatic heterocycles. The predicted octanol–water partition coefficient (Wildman–Crippen LogP) is 8.04. The Morgan fingerprint density at radius 1 is 1.00 bits per heavy atom. The van der Waals surface area contributed by atoms with Crippen molar-refractivity contribution in [2.75, 3.05) is 7.11 Å². The van der Waals surface area contributed by atoms with Crippen LogP contribution in [-0.2, 0) is 6.61 Å². The minimum Gasteiger partial charge on any atom is -0.493 e. The SMILES string of the molecule is COc1cc(Br)cc(C=Nn2c(C(C)C)nc3ccc(Br)cc3c2=O)c1OCc1ccc(Br)cc1Br. The molecule has 0 spiro atoms. The van der Waals surface area contributed by atoms with E-state index >= 15 is 0 Å². The molecule has 4 aromatic rings. The zero-order valence-electron chi connectivity index (χ0n) is 19.6. The number of benzene rings is 3. The van der Waals surface area contributed by atoms with Crippen molar-refractivity contribution in [2.45, 2.75) is 26.4 Å². The van der Waals surface area contributed by atoms with Crippen LogP contribution in [0.1, 0.15) is 36.7 Å². The van der Waals surface area contributed by atoms with Gasteiger partial charge < -0.3 is 9.47 Å². The number of rotatable bonds is 7. The average Bonchev–Trinajstić information content (AvgIpc) is 2.83. The van der Waals surface area contributed by atoms with Crippen molar-refractivity contribution in [1.82, 2.24) is 9.66 Å². The molecule has 0 unspecified atom stereocenters. The van der Waals surface area contributed by atoms with Crippen LogP contribution in [0.3, 0.4) is 0 Å². The summed E-state index contributed by atoms with van der Waals surface area (Å²) in [4.78, 5) is 18.1. The van der Waals surface area contributed by atoms with Crippen LogP contribution >= 0.6 is 63.7 Å². The predicted molar refractivity (Wildman–Crippen MR) is 158 cm³/mol. The number of halogens is 4. The summed E-state index contributed by atoms with van der Waals surface area (Å²) in [5.74, 6) is 1.59. The molecule has 10 heteroatoms. The van der Waals surface area contributed by atoms with E-state index in [0.29, 0.717) is 40.4 Å². The summed E-state index contributed by atoms with van der Waals surface area (Å²) in [6.45, 7) is 4.26. The molecule has 0 aliphatic heterocycles. The van der Waals surface area contributed by atoms with Crippen molar-refractivity contribution >= 4 is 80.8 Å². The van der Waals surface area contributed by atoms with Crippen molar-refractivity contribution < 1.29 is 9.47 Å². The topological polar surface area (TPSA) is 65.7 Å². The van der Waals surface area contributed by atoms with Crippen molar-refractivity contribution in [1.29, 1.82) is 0 Å². The third-order valence-electron chi connectivity index (χ3n) is 5.32. The number of ether oxygens (including phenoxy) is 2. The van der Waals surface area contributed by atoms with E-state index in [1.165, 1.54) is 4.68 Å². The summed E-state index contributed by atoms with van der Waals surface area (Å²) in [5.41, 5.74) is 2.00. The summed E-state index contributed by atoms with van der Waals surface area (Å²) in [6.07, 6.45) is 1.60. The molecule has 3 aromatic carbocycles. The first kappa shape index (κ1) is 27.0. The van der Waals surface area contributed by atoms with Gasteiger partial charge in [0, 0.05) is 34.9 Å². The third kappa shape index (κ3) is 5.93. The highest BCUT2D eigenvalue weighted by Crippen LogP contribution is 2.35. The van der Waals surface area contributed by atoms with E-state index in [0.717, 1.165) is 23.5 Å². The van der Waals surface area contributed by atoms with Gasteiger partial charge in [-0.15, -0.1) is 0 Å². The molecule has 0 bridgehead atoms. The summed E-state index contributed by atoms with van der Waals surface area (Å²) in [6, 6.07) is 15.0. The van der Waals surface area contributed by atoms with Gasteiger partial charge in [-0.25, -0.2) is 4.98 Å². The summed E-state index contributed by atoms with van der Waals surface area (Å²) >= 11 is 14.0. The molecule has 0 aliphatic carbocycles. The smallest absolute Gasteiger partial charge is 0.282 e. The second-order valence-corrected chi connectivity index (χ2v) is 11.8. The van der Waals surface area contributed by atoms with Crippen LogP contribution < -0.4 is 15.0 Å². The van der Waals surface area contributed by atoms with E-state index in [-0.39, 0.29) is 11.5 Å². The third-order valence-corrected chi connectivity index (χ3v) is 7.50. The lowest BCUT2D eigenvalue weighted by atomic mass is 10.2. The van der Waals surface area contributed by atoms with E-state index in [2.05, 4.69) is 68.8 Å². The van der Waals surface area contributed by atoms with Gasteiger partial charge in [0.2, 0.25) is 0 Å². The fraction of sp³-hybridized carbons (Fsp3) is 0.192. The van der Waals surface area contributed by atoms with Crippen LogP contribution in [0.5, 0.6) is 11.5 Å². The first-order valence-corrected chi connectivity index (χ1v) is 14.1. The quantitative estimate of drug-likeness (QED) is 0.180. The number of hydrogen-bond donors (Lipinski definition) is 0. The Balaban J connectivity index is 1.79. The Kier molecular flexibility index (Phi) is 8.70. The molecule has 186 valence electrons. The van der Waals surface area contributed by atoms with Crippen LogP contribution in [-0.4, -0.2) is 23.0 Å². The molecular formula is C26H21Br4N3O3. The summed E-state index contributed by atoms with van der Waals surface area (Å²) in [5, 5.41) is 5.05. The zero-order chi connectivity index (χ0) is 26.0. The Morgan fingerprint density at radius 3 is 2.42 bits per heavy atom. The van der Waals surface area contributed by atoms with E-state index in [1.807, 2.05) is 56.3 Å². The zero-order valence-corrected chi connectivity index (χ0v) is 25.9. The van der Waals surface area contributed by atoms with Gasteiger partial charge in [-0.2, -0.15) is 9.78 Å². The number of aromatic nitrogens is 2. The van der Waals surface area contributed by atoms with Crippen LogP contribution in [0.4, 0.5) is 0 Å². The maximum atomic E-state index is 13.4. The lowest BCUT2D eigenvalue weighted by Crippen LogP contribution is -2.23. The minimum absolute atomic E-state index is 0.0228. The normalized spacial score (nSPS) is 11.6. The van der Waals surface area contributed by atoms with Gasteiger partial charge in [0.15, 0.2) is 11.5 Å². The lowest BCUT2D eigenvalue weighted by molar-refractivity contribution is 0.283. The van der Waals surface area contributed by atoms with Gasteiger partial charge in [0.05, 0.1) is 24.2 Å². The maximum absolute atomic E-state index is 13.4. The van der Waals surface area contributed by atoms with Crippen molar-refractivity contribution in [3.05, 3.63) is 93.7 Å². The number of fused-ring (bicyclic) bond motifs is 1. The van der Waals surface area contributed by atoms with Crippen molar-refractivity contribution in [2.24, 2.45) is 5.10 Å². The minimum atomic E-state index is -0.246. The molecular weight excluding hydrogens is 722 g/mol. The monoisotopic (exact) mass is 739 g/mol. The average molecular weight is 743 g/mol. The maximum Gasteiger partial charge on any atom is 0.282 e. The molecule has 0 saturated heterocycles. The van der Waals surface area contributed by atoms with Gasteiger partial charge in [-0.1, -0.05) is 83.6 Å². The molecule has 1 heterocycles. The van der Waals surface area contributed by atoms with E-state index in [4.69, 9.17) is 14.5 Å². The fourth-order valence-corrected chi connectivity index (χ4v) is 5.53. The number of nitrogens with zero attached hydrogens (tertiary/aromatic N) is 3. The van der Waals surface area contributed by atoms with Gasteiger partial charge in [-0.05, 0) is 42.5 Å². The second kappa shape index (κ2) is 11.6.